The van der Waals surface area contributed by atoms with Crippen molar-refractivity contribution in [1.82, 2.24) is 0 Å². The van der Waals surface area contributed by atoms with Crippen LogP contribution in [-0.4, -0.2) is 6.36 Å². The lowest BCUT2D eigenvalue weighted by Gasteiger charge is -2.38. The van der Waals surface area contributed by atoms with Crippen molar-refractivity contribution in [2.45, 2.75) is 83.4 Å². The smallest absolute Gasteiger partial charge is 0.399 e. The first-order valence-electron chi connectivity index (χ1n) is 13.6. The molecule has 2 aromatic carbocycles. The van der Waals surface area contributed by atoms with Gasteiger partial charge in [0.2, 0.25) is 5.75 Å². The molecule has 0 radical (unpaired) electrons. The zero-order valence-corrected chi connectivity index (χ0v) is 21.7. The van der Waals surface area contributed by atoms with Gasteiger partial charge < -0.3 is 4.74 Å². The largest absolute Gasteiger partial charge is 0.573 e. The van der Waals surface area contributed by atoms with Crippen molar-refractivity contribution in [1.29, 1.82) is 0 Å². The highest BCUT2D eigenvalue weighted by atomic mass is 19.4. The van der Waals surface area contributed by atoms with Crippen LogP contribution in [-0.2, 0) is 0 Å². The highest BCUT2D eigenvalue weighted by molar-refractivity contribution is 5.83. The van der Waals surface area contributed by atoms with E-state index in [4.69, 9.17) is 0 Å². The van der Waals surface area contributed by atoms with Gasteiger partial charge in [-0.1, -0.05) is 38.7 Å². The second kappa shape index (κ2) is 12.3. The molecule has 2 fully saturated rings. The van der Waals surface area contributed by atoms with E-state index in [1.807, 2.05) is 0 Å². The Morgan fingerprint density at radius 2 is 1.33 bits per heavy atom. The molecule has 0 amide bonds. The van der Waals surface area contributed by atoms with E-state index in [-0.39, 0.29) is 18.1 Å². The Labute approximate surface area is 223 Å². The monoisotopic (exact) mass is 560 g/mol. The maximum absolute atomic E-state index is 14.9. The van der Waals surface area contributed by atoms with Crippen LogP contribution in [0.5, 0.6) is 5.75 Å². The fraction of sp³-hybridized carbons (Fsp3) is 0.533. The summed E-state index contributed by atoms with van der Waals surface area (Å²) in [7, 11) is 0. The lowest BCUT2D eigenvalue weighted by atomic mass is 9.68. The fourth-order valence-corrected chi connectivity index (χ4v) is 6.39. The molecule has 214 valence electrons. The van der Waals surface area contributed by atoms with Crippen molar-refractivity contribution < 1.29 is 39.9 Å². The minimum absolute atomic E-state index is 0.0995. The average Bonchev–Trinajstić information content (AvgIpc) is 2.90. The second-order valence-electron chi connectivity index (χ2n) is 10.9. The molecule has 0 aliphatic heterocycles. The summed E-state index contributed by atoms with van der Waals surface area (Å²) >= 11 is 0. The van der Waals surface area contributed by atoms with E-state index in [1.54, 1.807) is 0 Å². The molecule has 0 spiro atoms. The molecule has 2 aliphatic carbocycles. The van der Waals surface area contributed by atoms with Gasteiger partial charge in [0.1, 0.15) is 5.82 Å². The molecule has 4 rings (SSSR count). The summed E-state index contributed by atoms with van der Waals surface area (Å²) in [6, 6.07) is 4.06. The van der Waals surface area contributed by atoms with Gasteiger partial charge in [-0.2, -0.15) is 0 Å². The van der Waals surface area contributed by atoms with Gasteiger partial charge in [0.15, 0.2) is 23.3 Å². The summed E-state index contributed by atoms with van der Waals surface area (Å²) in [6.45, 7) is 2.23. The topological polar surface area (TPSA) is 9.23 Å². The zero-order chi connectivity index (χ0) is 28.3. The Bertz CT molecular complexity index is 1150. The van der Waals surface area contributed by atoms with Crippen LogP contribution in [0.1, 0.15) is 93.7 Å². The fourth-order valence-electron chi connectivity index (χ4n) is 6.39. The summed E-state index contributed by atoms with van der Waals surface area (Å²) in [6.07, 6.45) is 6.14. The molecule has 0 atom stereocenters. The second-order valence-corrected chi connectivity index (χ2v) is 10.9. The Balaban J connectivity index is 1.43. The Hall–Kier alpha value is -2.58. The summed E-state index contributed by atoms with van der Waals surface area (Å²) in [5.41, 5.74) is -1.09. The molecule has 0 N–H and O–H groups in total. The molecule has 0 bridgehead atoms. The highest BCUT2D eigenvalue weighted by Crippen LogP contribution is 2.45. The predicted molar refractivity (Wildman–Crippen MR) is 134 cm³/mol. The highest BCUT2D eigenvalue weighted by Gasteiger charge is 2.35. The molecule has 9 heteroatoms. The molecular weight excluding hydrogens is 528 g/mol. The van der Waals surface area contributed by atoms with Gasteiger partial charge in [0, 0.05) is 11.1 Å². The first-order valence-corrected chi connectivity index (χ1v) is 13.6. The van der Waals surface area contributed by atoms with E-state index in [2.05, 4.69) is 11.7 Å². The zero-order valence-electron chi connectivity index (χ0n) is 21.7. The normalized spacial score (nSPS) is 24.8. The summed E-state index contributed by atoms with van der Waals surface area (Å²) < 4.78 is 113. The van der Waals surface area contributed by atoms with E-state index < -0.39 is 52.3 Å². The molecule has 0 unspecified atom stereocenters. The van der Waals surface area contributed by atoms with E-state index >= 15 is 0 Å². The summed E-state index contributed by atoms with van der Waals surface area (Å²) in [5.74, 6) is -7.77. The van der Waals surface area contributed by atoms with Gasteiger partial charge >= 0.3 is 6.36 Å². The molecule has 0 saturated heterocycles. The molecule has 2 aliphatic rings. The number of hydrogen-bond acceptors (Lipinski definition) is 1. The van der Waals surface area contributed by atoms with Gasteiger partial charge in [-0.15, -0.1) is 13.2 Å². The van der Waals surface area contributed by atoms with Crippen LogP contribution >= 0.6 is 0 Å². The molecule has 2 saturated carbocycles. The first-order chi connectivity index (χ1) is 18.5. The quantitative estimate of drug-likeness (QED) is 0.242. The number of rotatable bonds is 7. The van der Waals surface area contributed by atoms with Gasteiger partial charge in [0.25, 0.3) is 0 Å². The van der Waals surface area contributed by atoms with Crippen molar-refractivity contribution >= 4 is 11.7 Å². The standard InChI is InChI=1S/C30H32F8O/c1-2-3-17-4-6-18(7-5-17)19-8-10-20(11-9-19)21-12-13-23(24(31)14-21)28(35)27(34)22-15-25(32)29(26(33)16-22)39-30(36,37)38/h12-20H,2-11H2,1H3/b28-27+. The minimum atomic E-state index is -5.39. The maximum atomic E-state index is 14.9. The van der Waals surface area contributed by atoms with Crippen LogP contribution in [0.3, 0.4) is 0 Å². The third-order valence-electron chi connectivity index (χ3n) is 8.39. The first kappa shape index (κ1) is 29.4. The lowest BCUT2D eigenvalue weighted by molar-refractivity contribution is -0.276. The maximum Gasteiger partial charge on any atom is 0.573 e. The van der Waals surface area contributed by atoms with E-state index in [0.717, 1.165) is 49.7 Å². The molecule has 1 nitrogen and oxygen atoms in total. The van der Waals surface area contributed by atoms with Gasteiger partial charge in [-0.05, 0) is 92.0 Å². The van der Waals surface area contributed by atoms with Gasteiger partial charge in [0.05, 0.1) is 0 Å². The van der Waals surface area contributed by atoms with Crippen LogP contribution < -0.4 is 4.74 Å². The van der Waals surface area contributed by atoms with Gasteiger partial charge in [-0.3, -0.25) is 0 Å². The van der Waals surface area contributed by atoms with Crippen LogP contribution in [0.25, 0.3) is 11.7 Å². The average molecular weight is 561 g/mol. The molecule has 0 aromatic heterocycles. The van der Waals surface area contributed by atoms with Crippen LogP contribution in [0.2, 0.25) is 0 Å². The molecule has 39 heavy (non-hydrogen) atoms. The van der Waals surface area contributed by atoms with Crippen molar-refractivity contribution in [3.8, 4) is 5.75 Å². The van der Waals surface area contributed by atoms with Crippen LogP contribution in [0.15, 0.2) is 30.3 Å². The Morgan fingerprint density at radius 1 is 0.769 bits per heavy atom. The Kier molecular flexibility index (Phi) is 9.27. The third-order valence-corrected chi connectivity index (χ3v) is 8.39. The molecule has 0 heterocycles. The summed E-state index contributed by atoms with van der Waals surface area (Å²) in [5, 5.41) is 0. The SMILES string of the molecule is CCCC1CCC(C2CCC(c3ccc(/C(F)=C(\F)c4cc(F)c(OC(F)(F)F)c(F)c4)c(F)c3)CC2)CC1. The van der Waals surface area contributed by atoms with Crippen LogP contribution in [0, 0.1) is 35.2 Å². The lowest BCUT2D eigenvalue weighted by Crippen LogP contribution is -2.25. The molecular formula is C30H32F8O. The van der Waals surface area contributed by atoms with Crippen LogP contribution in [0.4, 0.5) is 35.1 Å². The molecule has 2 aromatic rings. The third kappa shape index (κ3) is 7.14. The number of halogens is 8. The Morgan fingerprint density at radius 3 is 1.85 bits per heavy atom. The number of benzene rings is 2. The summed E-state index contributed by atoms with van der Waals surface area (Å²) in [4.78, 5) is 0. The van der Waals surface area contributed by atoms with Gasteiger partial charge in [-0.25, -0.2) is 22.0 Å². The van der Waals surface area contributed by atoms with E-state index in [9.17, 15) is 35.1 Å². The number of alkyl halides is 3. The van der Waals surface area contributed by atoms with Crippen molar-refractivity contribution in [3.05, 3.63) is 64.5 Å². The predicted octanol–water partition coefficient (Wildman–Crippen LogP) is 10.6. The van der Waals surface area contributed by atoms with Crippen molar-refractivity contribution in [2.75, 3.05) is 0 Å². The van der Waals surface area contributed by atoms with E-state index in [0.29, 0.717) is 11.5 Å². The number of hydrogen-bond donors (Lipinski definition) is 0. The van der Waals surface area contributed by atoms with E-state index in [1.165, 1.54) is 44.6 Å². The number of ether oxygens (including phenoxy) is 1. The van der Waals surface area contributed by atoms with Crippen molar-refractivity contribution in [3.63, 3.8) is 0 Å². The minimum Gasteiger partial charge on any atom is -0.399 e. The van der Waals surface area contributed by atoms with Crippen molar-refractivity contribution in [2.24, 2.45) is 17.8 Å².